The molecule has 4 aromatic rings. The van der Waals surface area contributed by atoms with Gasteiger partial charge in [-0.05, 0) is 24.3 Å². The SMILES string of the molecule is COCc1c(C(=O)Nc2nc(-c3ccc4c(c3)OCCO4)cs2)oc2ccccc12. The minimum atomic E-state index is -0.360. The number of ether oxygens (including phenoxy) is 3. The molecule has 0 atom stereocenters. The van der Waals surface area contributed by atoms with E-state index in [4.69, 9.17) is 18.6 Å². The van der Waals surface area contributed by atoms with Gasteiger partial charge in [-0.15, -0.1) is 11.3 Å². The molecule has 3 heterocycles. The predicted octanol–water partition coefficient (Wildman–Crippen LogP) is 4.73. The van der Waals surface area contributed by atoms with Gasteiger partial charge in [0.15, 0.2) is 22.4 Å². The molecular formula is C22H18N2O5S. The molecule has 7 nitrogen and oxygen atoms in total. The van der Waals surface area contributed by atoms with E-state index in [1.807, 2.05) is 47.8 Å². The molecule has 5 rings (SSSR count). The van der Waals surface area contributed by atoms with Crippen LogP contribution in [-0.4, -0.2) is 31.2 Å². The van der Waals surface area contributed by atoms with Crippen LogP contribution < -0.4 is 14.8 Å². The van der Waals surface area contributed by atoms with Crippen molar-refractivity contribution in [2.24, 2.45) is 0 Å². The number of rotatable bonds is 5. The number of fused-ring (bicyclic) bond motifs is 2. The number of methoxy groups -OCH3 is 1. The first-order chi connectivity index (χ1) is 14.7. The lowest BCUT2D eigenvalue weighted by atomic mass is 10.1. The zero-order valence-corrected chi connectivity index (χ0v) is 17.0. The Morgan fingerprint density at radius 2 is 2.00 bits per heavy atom. The first kappa shape index (κ1) is 18.7. The third-order valence-electron chi connectivity index (χ3n) is 4.76. The van der Waals surface area contributed by atoms with Crippen molar-refractivity contribution in [3.63, 3.8) is 0 Å². The summed E-state index contributed by atoms with van der Waals surface area (Å²) in [7, 11) is 1.59. The summed E-state index contributed by atoms with van der Waals surface area (Å²) in [6.07, 6.45) is 0. The summed E-state index contributed by atoms with van der Waals surface area (Å²) < 4.78 is 22.3. The summed E-state index contributed by atoms with van der Waals surface area (Å²) in [5, 5.41) is 6.06. The molecule has 0 bridgehead atoms. The molecular weight excluding hydrogens is 404 g/mol. The fourth-order valence-corrected chi connectivity index (χ4v) is 4.10. The molecule has 1 aliphatic heterocycles. The maximum absolute atomic E-state index is 12.9. The molecule has 1 aliphatic rings. The van der Waals surface area contributed by atoms with Crippen LogP contribution in [0.25, 0.3) is 22.2 Å². The Morgan fingerprint density at radius 3 is 2.87 bits per heavy atom. The maximum atomic E-state index is 12.9. The van der Waals surface area contributed by atoms with E-state index in [0.29, 0.717) is 35.2 Å². The van der Waals surface area contributed by atoms with Gasteiger partial charge in [-0.1, -0.05) is 18.2 Å². The van der Waals surface area contributed by atoms with Crippen molar-refractivity contribution in [2.75, 3.05) is 25.6 Å². The number of nitrogens with zero attached hydrogens (tertiary/aromatic N) is 1. The minimum absolute atomic E-state index is 0.231. The Hall–Kier alpha value is -3.36. The van der Waals surface area contributed by atoms with Gasteiger partial charge in [0.2, 0.25) is 0 Å². The Morgan fingerprint density at radius 1 is 1.17 bits per heavy atom. The second kappa shape index (κ2) is 7.81. The van der Waals surface area contributed by atoms with Crippen LogP contribution >= 0.6 is 11.3 Å². The van der Waals surface area contributed by atoms with E-state index >= 15 is 0 Å². The number of amides is 1. The number of carbonyl (C=O) groups excluding carboxylic acids is 1. The van der Waals surface area contributed by atoms with Crippen molar-refractivity contribution < 1.29 is 23.4 Å². The lowest BCUT2D eigenvalue weighted by Crippen LogP contribution is -2.15. The van der Waals surface area contributed by atoms with E-state index in [1.165, 1.54) is 11.3 Å². The first-order valence-electron chi connectivity index (χ1n) is 9.39. The highest BCUT2D eigenvalue weighted by atomic mass is 32.1. The van der Waals surface area contributed by atoms with Gasteiger partial charge in [-0.25, -0.2) is 4.98 Å². The largest absolute Gasteiger partial charge is 0.486 e. The Bertz CT molecular complexity index is 1230. The van der Waals surface area contributed by atoms with Gasteiger partial charge in [0.05, 0.1) is 12.3 Å². The van der Waals surface area contributed by atoms with E-state index in [-0.39, 0.29) is 18.3 Å². The Kier molecular flexibility index (Phi) is 4.86. The van der Waals surface area contributed by atoms with Gasteiger partial charge in [-0.2, -0.15) is 0 Å². The van der Waals surface area contributed by atoms with E-state index < -0.39 is 0 Å². The van der Waals surface area contributed by atoms with E-state index in [2.05, 4.69) is 10.3 Å². The summed E-state index contributed by atoms with van der Waals surface area (Å²) in [5.41, 5.74) is 2.99. The van der Waals surface area contributed by atoms with Crippen LogP contribution in [0.3, 0.4) is 0 Å². The molecule has 2 aromatic heterocycles. The van der Waals surface area contributed by atoms with Crippen molar-refractivity contribution in [3.8, 4) is 22.8 Å². The van der Waals surface area contributed by atoms with Crippen molar-refractivity contribution in [1.29, 1.82) is 0 Å². The number of nitrogens with one attached hydrogen (secondary N) is 1. The average Bonchev–Trinajstić information content (AvgIpc) is 3.39. The van der Waals surface area contributed by atoms with Crippen LogP contribution in [0.4, 0.5) is 5.13 Å². The van der Waals surface area contributed by atoms with Crippen molar-refractivity contribution in [2.45, 2.75) is 6.61 Å². The van der Waals surface area contributed by atoms with E-state index in [9.17, 15) is 4.79 Å². The van der Waals surface area contributed by atoms with Gasteiger partial charge in [0, 0.05) is 29.0 Å². The number of aromatic nitrogens is 1. The molecule has 8 heteroatoms. The van der Waals surface area contributed by atoms with Crippen LogP contribution in [0.1, 0.15) is 16.1 Å². The standard InChI is InChI=1S/C22H18N2O5S/c1-26-11-15-14-4-2-3-5-17(14)29-20(15)21(25)24-22-23-16(12-30-22)13-6-7-18-19(10-13)28-9-8-27-18/h2-7,10,12H,8-9,11H2,1H3,(H,23,24,25). The monoisotopic (exact) mass is 422 g/mol. The second-order valence-corrected chi connectivity index (χ2v) is 7.55. The molecule has 0 unspecified atom stereocenters. The van der Waals surface area contributed by atoms with Crippen LogP contribution in [0.5, 0.6) is 11.5 Å². The molecule has 0 radical (unpaired) electrons. The Balaban J connectivity index is 1.40. The quantitative estimate of drug-likeness (QED) is 0.501. The van der Waals surface area contributed by atoms with E-state index in [1.54, 1.807) is 7.11 Å². The number of hydrogen-bond acceptors (Lipinski definition) is 7. The van der Waals surface area contributed by atoms with Crippen molar-refractivity contribution in [3.05, 3.63) is 59.2 Å². The highest BCUT2D eigenvalue weighted by molar-refractivity contribution is 7.14. The highest BCUT2D eigenvalue weighted by Gasteiger charge is 2.22. The smallest absolute Gasteiger partial charge is 0.293 e. The third-order valence-corrected chi connectivity index (χ3v) is 5.51. The number of hydrogen-bond donors (Lipinski definition) is 1. The molecule has 30 heavy (non-hydrogen) atoms. The zero-order valence-electron chi connectivity index (χ0n) is 16.1. The molecule has 0 aliphatic carbocycles. The van der Waals surface area contributed by atoms with Crippen LogP contribution in [0, 0.1) is 0 Å². The van der Waals surface area contributed by atoms with Gasteiger partial charge in [0.1, 0.15) is 18.8 Å². The fourth-order valence-electron chi connectivity index (χ4n) is 3.39. The van der Waals surface area contributed by atoms with Gasteiger partial charge in [0.25, 0.3) is 5.91 Å². The van der Waals surface area contributed by atoms with Crippen LogP contribution in [0.2, 0.25) is 0 Å². The number of benzene rings is 2. The molecule has 0 fully saturated rings. The zero-order chi connectivity index (χ0) is 20.5. The molecule has 152 valence electrons. The molecule has 1 N–H and O–H groups in total. The lowest BCUT2D eigenvalue weighted by molar-refractivity contribution is 0.0992. The molecule has 0 saturated carbocycles. The van der Waals surface area contributed by atoms with Crippen molar-refractivity contribution >= 4 is 33.3 Å². The van der Waals surface area contributed by atoms with Gasteiger partial charge >= 0.3 is 0 Å². The maximum Gasteiger partial charge on any atom is 0.293 e. The molecule has 1 amide bonds. The number of anilines is 1. The third kappa shape index (κ3) is 3.40. The van der Waals surface area contributed by atoms with Crippen molar-refractivity contribution in [1.82, 2.24) is 4.98 Å². The Labute approximate surface area is 176 Å². The summed E-state index contributed by atoms with van der Waals surface area (Å²) in [4.78, 5) is 17.4. The summed E-state index contributed by atoms with van der Waals surface area (Å²) in [6, 6.07) is 13.2. The number of thiazole rings is 1. The normalized spacial score (nSPS) is 12.8. The summed E-state index contributed by atoms with van der Waals surface area (Å²) in [5.74, 6) is 1.29. The molecule has 0 spiro atoms. The minimum Gasteiger partial charge on any atom is -0.486 e. The number of carbonyl (C=O) groups is 1. The molecule has 2 aromatic carbocycles. The van der Waals surface area contributed by atoms with Crippen LogP contribution in [-0.2, 0) is 11.3 Å². The summed E-state index contributed by atoms with van der Waals surface area (Å²) in [6.45, 7) is 1.35. The second-order valence-electron chi connectivity index (χ2n) is 6.69. The molecule has 0 saturated heterocycles. The number of para-hydroxylation sites is 1. The first-order valence-corrected chi connectivity index (χ1v) is 10.3. The van der Waals surface area contributed by atoms with Gasteiger partial charge in [-0.3, -0.25) is 10.1 Å². The van der Waals surface area contributed by atoms with Crippen LogP contribution in [0.15, 0.2) is 52.3 Å². The topological polar surface area (TPSA) is 82.8 Å². The predicted molar refractivity (Wildman–Crippen MR) is 113 cm³/mol. The highest BCUT2D eigenvalue weighted by Crippen LogP contribution is 2.35. The lowest BCUT2D eigenvalue weighted by Gasteiger charge is -2.18. The van der Waals surface area contributed by atoms with E-state index in [0.717, 1.165) is 22.4 Å². The number of furan rings is 1. The van der Waals surface area contributed by atoms with Gasteiger partial charge < -0.3 is 18.6 Å². The fraction of sp³-hybridized carbons (Fsp3) is 0.182. The average molecular weight is 422 g/mol. The summed E-state index contributed by atoms with van der Waals surface area (Å²) >= 11 is 1.34.